The maximum absolute atomic E-state index is 11.2. The van der Waals surface area contributed by atoms with Crippen molar-refractivity contribution >= 4 is 23.2 Å². The lowest BCUT2D eigenvalue weighted by Crippen LogP contribution is -2.44. The Morgan fingerprint density at radius 2 is 2.29 bits per heavy atom. The molecule has 0 aliphatic carbocycles. The van der Waals surface area contributed by atoms with Crippen LogP contribution in [0.2, 0.25) is 5.02 Å². The van der Waals surface area contributed by atoms with Gasteiger partial charge in [-0.05, 0) is 44.0 Å². The smallest absolute Gasteiger partial charge is 0.248 e. The van der Waals surface area contributed by atoms with Gasteiger partial charge in [0.2, 0.25) is 5.91 Å². The second-order valence-electron chi connectivity index (χ2n) is 5.62. The van der Waals surface area contributed by atoms with Crippen LogP contribution in [0.25, 0.3) is 0 Å². The number of anilines is 1. The number of amides is 1. The molecule has 4 nitrogen and oxygen atoms in total. The van der Waals surface area contributed by atoms with Gasteiger partial charge in [-0.1, -0.05) is 24.9 Å². The molecule has 1 aromatic rings. The number of primary amides is 1. The molecule has 5 heteroatoms. The molecule has 1 saturated heterocycles. The lowest BCUT2D eigenvalue weighted by Gasteiger charge is -2.32. The van der Waals surface area contributed by atoms with Crippen LogP contribution in [0.4, 0.5) is 5.69 Å². The van der Waals surface area contributed by atoms with E-state index < -0.39 is 5.91 Å². The van der Waals surface area contributed by atoms with Crippen molar-refractivity contribution in [3.63, 3.8) is 0 Å². The van der Waals surface area contributed by atoms with Crippen molar-refractivity contribution in [2.75, 3.05) is 24.5 Å². The van der Waals surface area contributed by atoms with Crippen LogP contribution in [-0.2, 0) is 0 Å². The molecule has 1 aliphatic rings. The normalized spacial score (nSPS) is 18.5. The van der Waals surface area contributed by atoms with Gasteiger partial charge < -0.3 is 16.0 Å². The Morgan fingerprint density at radius 3 is 2.86 bits per heavy atom. The fourth-order valence-electron chi connectivity index (χ4n) is 2.84. The maximum Gasteiger partial charge on any atom is 0.248 e. The monoisotopic (exact) mass is 309 g/mol. The number of rotatable bonds is 6. The van der Waals surface area contributed by atoms with Crippen molar-refractivity contribution in [1.82, 2.24) is 5.32 Å². The quantitative estimate of drug-likeness (QED) is 0.849. The van der Waals surface area contributed by atoms with Crippen LogP contribution in [0, 0.1) is 0 Å². The van der Waals surface area contributed by atoms with E-state index in [0.717, 1.165) is 31.7 Å². The van der Waals surface area contributed by atoms with Crippen molar-refractivity contribution < 1.29 is 4.79 Å². The summed E-state index contributed by atoms with van der Waals surface area (Å²) in [7, 11) is 0. The number of piperidine rings is 1. The predicted octanol–water partition coefficient (Wildman–Crippen LogP) is 2.80. The maximum atomic E-state index is 11.2. The van der Waals surface area contributed by atoms with Gasteiger partial charge in [0.05, 0.1) is 10.7 Å². The Morgan fingerprint density at radius 1 is 1.48 bits per heavy atom. The van der Waals surface area contributed by atoms with Gasteiger partial charge >= 0.3 is 0 Å². The molecule has 1 aliphatic heterocycles. The second kappa shape index (κ2) is 7.66. The molecule has 1 aromatic carbocycles. The Balaban J connectivity index is 2.14. The molecule has 116 valence electrons. The number of hydrogen-bond acceptors (Lipinski definition) is 3. The topological polar surface area (TPSA) is 58.4 Å². The first-order chi connectivity index (χ1) is 10.1. The summed E-state index contributed by atoms with van der Waals surface area (Å²) in [4.78, 5) is 13.5. The molecule has 1 amide bonds. The fourth-order valence-corrected chi connectivity index (χ4v) is 3.14. The molecule has 0 bridgehead atoms. The van der Waals surface area contributed by atoms with Crippen LogP contribution in [0.3, 0.4) is 0 Å². The van der Waals surface area contributed by atoms with Crippen LogP contribution in [0.15, 0.2) is 18.2 Å². The zero-order chi connectivity index (χ0) is 15.2. The van der Waals surface area contributed by atoms with Gasteiger partial charge in [0, 0.05) is 24.7 Å². The van der Waals surface area contributed by atoms with E-state index in [9.17, 15) is 4.79 Å². The zero-order valence-electron chi connectivity index (χ0n) is 12.6. The average Bonchev–Trinajstić information content (AvgIpc) is 2.48. The van der Waals surface area contributed by atoms with Crippen LogP contribution in [0.1, 0.15) is 43.0 Å². The highest BCUT2D eigenvalue weighted by atomic mass is 35.5. The molecule has 1 unspecified atom stereocenters. The Kier molecular flexibility index (Phi) is 5.88. The third-order valence-corrected chi connectivity index (χ3v) is 4.22. The van der Waals surface area contributed by atoms with Gasteiger partial charge in [-0.3, -0.25) is 4.79 Å². The fraction of sp³-hybridized carbons (Fsp3) is 0.562. The van der Waals surface area contributed by atoms with E-state index in [1.54, 1.807) is 12.1 Å². The van der Waals surface area contributed by atoms with E-state index in [4.69, 9.17) is 17.3 Å². The molecule has 21 heavy (non-hydrogen) atoms. The number of nitrogens with two attached hydrogens (primary N) is 1. The second-order valence-corrected chi connectivity index (χ2v) is 6.03. The van der Waals surface area contributed by atoms with Crippen molar-refractivity contribution in [1.29, 1.82) is 0 Å². The molecule has 3 N–H and O–H groups in total. The van der Waals surface area contributed by atoms with Crippen LogP contribution >= 0.6 is 11.6 Å². The SMILES string of the molecule is CCCN(CC1CCCCN1)c1ccc(C(N)=O)cc1Cl. The minimum atomic E-state index is -0.445. The first-order valence-corrected chi connectivity index (χ1v) is 8.07. The highest BCUT2D eigenvalue weighted by Crippen LogP contribution is 2.28. The van der Waals surface area contributed by atoms with E-state index in [2.05, 4.69) is 17.1 Å². The number of nitrogens with one attached hydrogen (secondary N) is 1. The number of nitrogens with zero attached hydrogens (tertiary/aromatic N) is 1. The predicted molar refractivity (Wildman–Crippen MR) is 88.1 cm³/mol. The summed E-state index contributed by atoms with van der Waals surface area (Å²) in [6, 6.07) is 5.83. The molecule has 0 saturated carbocycles. The van der Waals surface area contributed by atoms with Gasteiger partial charge in [0.1, 0.15) is 0 Å². The van der Waals surface area contributed by atoms with E-state index >= 15 is 0 Å². The van der Waals surface area contributed by atoms with Gasteiger partial charge in [-0.25, -0.2) is 0 Å². The van der Waals surface area contributed by atoms with Crippen LogP contribution < -0.4 is 16.0 Å². The van der Waals surface area contributed by atoms with Crippen LogP contribution in [-0.4, -0.2) is 31.6 Å². The molecule has 0 radical (unpaired) electrons. The third kappa shape index (κ3) is 4.35. The molecule has 0 spiro atoms. The summed E-state index contributed by atoms with van der Waals surface area (Å²) in [6.07, 6.45) is 4.81. The third-order valence-electron chi connectivity index (χ3n) is 3.92. The van der Waals surface area contributed by atoms with E-state index in [1.165, 1.54) is 19.3 Å². The van der Waals surface area contributed by atoms with Crippen LogP contribution in [0.5, 0.6) is 0 Å². The summed E-state index contributed by atoms with van der Waals surface area (Å²) in [5.74, 6) is -0.445. The Labute approximate surface area is 131 Å². The average molecular weight is 310 g/mol. The summed E-state index contributed by atoms with van der Waals surface area (Å²) < 4.78 is 0. The van der Waals surface area contributed by atoms with Gasteiger partial charge in [-0.15, -0.1) is 0 Å². The molecular weight excluding hydrogens is 286 g/mol. The Hall–Kier alpha value is -1.26. The minimum Gasteiger partial charge on any atom is -0.369 e. The van der Waals surface area contributed by atoms with Crippen molar-refractivity contribution in [3.8, 4) is 0 Å². The van der Waals surface area contributed by atoms with Crippen molar-refractivity contribution in [2.45, 2.75) is 38.6 Å². The highest BCUT2D eigenvalue weighted by Gasteiger charge is 2.18. The van der Waals surface area contributed by atoms with Gasteiger partial charge in [0.25, 0.3) is 0 Å². The number of benzene rings is 1. The zero-order valence-corrected chi connectivity index (χ0v) is 13.3. The van der Waals surface area contributed by atoms with Crippen molar-refractivity contribution in [2.24, 2.45) is 5.73 Å². The van der Waals surface area contributed by atoms with E-state index in [-0.39, 0.29) is 0 Å². The summed E-state index contributed by atoms with van der Waals surface area (Å²) in [5.41, 5.74) is 6.73. The molecule has 2 rings (SSSR count). The molecule has 1 atom stereocenters. The van der Waals surface area contributed by atoms with Crippen molar-refractivity contribution in [3.05, 3.63) is 28.8 Å². The molecule has 1 fully saturated rings. The summed E-state index contributed by atoms with van der Waals surface area (Å²) in [5, 5.41) is 4.16. The van der Waals surface area contributed by atoms with E-state index in [0.29, 0.717) is 16.6 Å². The summed E-state index contributed by atoms with van der Waals surface area (Å²) >= 11 is 6.35. The number of halogens is 1. The van der Waals surface area contributed by atoms with E-state index in [1.807, 2.05) is 6.07 Å². The summed E-state index contributed by atoms with van der Waals surface area (Å²) in [6.45, 7) is 5.16. The molecular formula is C16H24ClN3O. The largest absolute Gasteiger partial charge is 0.369 e. The molecule has 1 heterocycles. The lowest BCUT2D eigenvalue weighted by molar-refractivity contribution is 0.100. The highest BCUT2D eigenvalue weighted by molar-refractivity contribution is 6.33. The molecule has 0 aromatic heterocycles. The number of carbonyl (C=O) groups is 1. The number of hydrogen-bond donors (Lipinski definition) is 2. The minimum absolute atomic E-state index is 0.445. The first-order valence-electron chi connectivity index (χ1n) is 7.69. The number of carbonyl (C=O) groups excluding carboxylic acids is 1. The van der Waals surface area contributed by atoms with Gasteiger partial charge in [0.15, 0.2) is 0 Å². The van der Waals surface area contributed by atoms with Gasteiger partial charge in [-0.2, -0.15) is 0 Å². The first kappa shape index (κ1) is 16.1. The standard InChI is InChI=1S/C16H24ClN3O/c1-2-9-20(11-13-5-3-4-8-19-13)15-7-6-12(16(18)21)10-14(15)17/h6-7,10,13,19H,2-5,8-9,11H2,1H3,(H2,18,21). The Bertz CT molecular complexity index is 486. The lowest BCUT2D eigenvalue weighted by atomic mass is 10.0.